The summed E-state index contributed by atoms with van der Waals surface area (Å²) in [6.45, 7) is 3.26. The van der Waals surface area contributed by atoms with E-state index in [0.717, 1.165) is 0 Å². The number of aliphatic hydroxyl groups excluding tert-OH is 1. The van der Waals surface area contributed by atoms with Crippen LogP contribution >= 0.6 is 0 Å². The van der Waals surface area contributed by atoms with Gasteiger partial charge in [0.1, 0.15) is 0 Å². The van der Waals surface area contributed by atoms with E-state index in [1.54, 1.807) is 6.08 Å². The van der Waals surface area contributed by atoms with E-state index in [-0.39, 0.29) is 23.5 Å². The number of carbonyl (C=O) groups excluding carboxylic acids is 1. The molecule has 2 fully saturated rings. The third-order valence-corrected chi connectivity index (χ3v) is 5.55. The van der Waals surface area contributed by atoms with Crippen molar-refractivity contribution in [1.29, 1.82) is 0 Å². The first-order chi connectivity index (χ1) is 9.68. The van der Waals surface area contributed by atoms with Crippen molar-refractivity contribution >= 4 is 11.9 Å². The van der Waals surface area contributed by atoms with Crippen molar-refractivity contribution < 1.29 is 29.6 Å². The number of hydrogen-bond donors (Lipinski definition) is 3. The van der Waals surface area contributed by atoms with Crippen LogP contribution in [0.2, 0.25) is 0 Å². The van der Waals surface area contributed by atoms with Gasteiger partial charge < -0.3 is 20.1 Å². The Labute approximate surface area is 122 Å². The highest BCUT2D eigenvalue weighted by atomic mass is 16.6. The number of aliphatic carboxylic acids is 1. The number of hydrogen-bond acceptors (Lipinski definition) is 5. The molecule has 3 rings (SSSR count). The molecule has 1 saturated carbocycles. The zero-order valence-corrected chi connectivity index (χ0v) is 12.1. The maximum absolute atomic E-state index is 12.1. The zero-order chi connectivity index (χ0) is 15.6. The molecule has 0 aromatic carbocycles. The van der Waals surface area contributed by atoms with Crippen LogP contribution < -0.4 is 0 Å². The molecular formula is C15H20O6. The normalized spacial score (nSPS) is 43.8. The molecule has 3 aliphatic rings. The van der Waals surface area contributed by atoms with E-state index in [0.29, 0.717) is 12.8 Å². The molecule has 6 heteroatoms. The predicted octanol–water partition coefficient (Wildman–Crippen LogP) is 0.330. The Bertz CT molecular complexity index is 550. The number of carboxylic acid groups (broad SMARTS) is 1. The second-order valence-electron chi connectivity index (χ2n) is 7.29. The van der Waals surface area contributed by atoms with Gasteiger partial charge in [0.25, 0.3) is 0 Å². The minimum Gasteiger partial charge on any atom is -0.478 e. The van der Waals surface area contributed by atoms with Gasteiger partial charge in [-0.2, -0.15) is 0 Å². The maximum Gasteiger partial charge on any atom is 0.341 e. The fraction of sp³-hybridized carbons (Fsp3) is 0.733. The molecule has 116 valence electrons. The van der Waals surface area contributed by atoms with Gasteiger partial charge in [0.05, 0.1) is 13.2 Å². The van der Waals surface area contributed by atoms with Gasteiger partial charge in [-0.3, -0.25) is 0 Å². The average Bonchev–Trinajstić information content (AvgIpc) is 2.82. The molecule has 1 aliphatic heterocycles. The summed E-state index contributed by atoms with van der Waals surface area (Å²) in [6.07, 6.45) is 2.81. The first-order valence-electron chi connectivity index (χ1n) is 7.13. The Morgan fingerprint density at radius 3 is 2.71 bits per heavy atom. The van der Waals surface area contributed by atoms with Crippen molar-refractivity contribution in [1.82, 2.24) is 0 Å². The van der Waals surface area contributed by atoms with Crippen LogP contribution in [0.25, 0.3) is 0 Å². The van der Waals surface area contributed by atoms with Crippen molar-refractivity contribution in [2.24, 2.45) is 22.7 Å². The number of allylic oxidation sites excluding steroid dienone is 1. The van der Waals surface area contributed by atoms with Gasteiger partial charge in [-0.25, -0.2) is 9.59 Å². The summed E-state index contributed by atoms with van der Waals surface area (Å²) in [5.74, 6) is -2.71. The summed E-state index contributed by atoms with van der Waals surface area (Å²) in [5.41, 5.74) is -2.96. The second kappa shape index (κ2) is 4.08. The molecule has 0 unspecified atom stereocenters. The van der Waals surface area contributed by atoms with Crippen molar-refractivity contribution in [3.05, 3.63) is 11.6 Å². The van der Waals surface area contributed by atoms with E-state index in [1.807, 2.05) is 13.8 Å². The standard InChI is InChI=1S/C15H20O6/c1-13(2)4-8-3-9(11(17)18)10-5-21-12(19)15(20,7-16)14(8,10)6-13/h3,8,10,16,20H,4-7H2,1-2H3,(H,17,18)/t8-,10-,14+,15-/m0/s1. The lowest BCUT2D eigenvalue weighted by atomic mass is 9.58. The van der Waals surface area contributed by atoms with E-state index in [2.05, 4.69) is 0 Å². The molecule has 0 aromatic heterocycles. The smallest absolute Gasteiger partial charge is 0.341 e. The summed E-state index contributed by atoms with van der Waals surface area (Å²) in [4.78, 5) is 23.6. The number of ether oxygens (including phenoxy) is 1. The Morgan fingerprint density at radius 2 is 2.14 bits per heavy atom. The lowest BCUT2D eigenvalue weighted by Gasteiger charge is -2.50. The zero-order valence-electron chi connectivity index (χ0n) is 12.1. The van der Waals surface area contributed by atoms with Gasteiger partial charge in [0, 0.05) is 16.9 Å². The van der Waals surface area contributed by atoms with Gasteiger partial charge in [-0.15, -0.1) is 0 Å². The van der Waals surface area contributed by atoms with Crippen LogP contribution in [0, 0.1) is 22.7 Å². The summed E-state index contributed by atoms with van der Waals surface area (Å²) in [5, 5.41) is 29.9. The fourth-order valence-corrected chi connectivity index (χ4v) is 4.85. The molecule has 1 heterocycles. The van der Waals surface area contributed by atoms with Crippen LogP contribution in [0.3, 0.4) is 0 Å². The average molecular weight is 296 g/mol. The van der Waals surface area contributed by atoms with Crippen LogP contribution in [0.1, 0.15) is 26.7 Å². The summed E-state index contributed by atoms with van der Waals surface area (Å²) in [6, 6.07) is 0. The molecule has 1 saturated heterocycles. The minimum absolute atomic E-state index is 0.0497. The number of carbonyl (C=O) groups is 2. The first-order valence-corrected chi connectivity index (χ1v) is 7.13. The fourth-order valence-electron chi connectivity index (χ4n) is 4.85. The number of rotatable bonds is 2. The highest BCUT2D eigenvalue weighted by Crippen LogP contribution is 2.68. The molecule has 21 heavy (non-hydrogen) atoms. The summed E-state index contributed by atoms with van der Waals surface area (Å²) in [7, 11) is 0. The Hall–Kier alpha value is -1.40. The molecular weight excluding hydrogens is 276 g/mol. The molecule has 0 amide bonds. The quantitative estimate of drug-likeness (QED) is 0.634. The Balaban J connectivity index is 2.18. The Kier molecular flexibility index (Phi) is 2.82. The third-order valence-electron chi connectivity index (χ3n) is 5.55. The Morgan fingerprint density at radius 1 is 1.48 bits per heavy atom. The van der Waals surface area contributed by atoms with Gasteiger partial charge in [0.15, 0.2) is 5.60 Å². The molecule has 0 radical (unpaired) electrons. The lowest BCUT2D eigenvalue weighted by molar-refractivity contribution is -0.221. The van der Waals surface area contributed by atoms with Crippen LogP contribution in [0.4, 0.5) is 0 Å². The van der Waals surface area contributed by atoms with E-state index in [1.165, 1.54) is 0 Å². The number of cyclic esters (lactones) is 1. The van der Waals surface area contributed by atoms with Crippen LogP contribution in [0.15, 0.2) is 11.6 Å². The minimum atomic E-state index is -2.04. The van der Waals surface area contributed by atoms with Crippen LogP contribution in [-0.2, 0) is 14.3 Å². The SMILES string of the molecule is CC1(C)C[C@@H]2C=C(C(=O)O)[C@@H]3COC(=O)[C@@](O)(CO)[C@]23C1. The molecule has 4 atom stereocenters. The van der Waals surface area contributed by atoms with Crippen molar-refractivity contribution in [3.63, 3.8) is 0 Å². The topological polar surface area (TPSA) is 104 Å². The molecule has 0 bridgehead atoms. The van der Waals surface area contributed by atoms with E-state index >= 15 is 0 Å². The van der Waals surface area contributed by atoms with Gasteiger partial charge >= 0.3 is 11.9 Å². The van der Waals surface area contributed by atoms with Gasteiger partial charge in [0.2, 0.25) is 0 Å². The molecule has 2 aliphatic carbocycles. The molecule has 1 spiro atoms. The molecule has 3 N–H and O–H groups in total. The molecule has 6 nitrogen and oxygen atoms in total. The van der Waals surface area contributed by atoms with Crippen LogP contribution in [0.5, 0.6) is 0 Å². The second-order valence-corrected chi connectivity index (χ2v) is 7.29. The summed E-state index contributed by atoms with van der Waals surface area (Å²) >= 11 is 0. The van der Waals surface area contributed by atoms with Gasteiger partial charge in [-0.1, -0.05) is 19.9 Å². The monoisotopic (exact) mass is 296 g/mol. The van der Waals surface area contributed by atoms with Crippen molar-refractivity contribution in [2.75, 3.05) is 13.2 Å². The number of aliphatic hydroxyl groups is 2. The predicted molar refractivity (Wildman–Crippen MR) is 71.1 cm³/mol. The molecule has 0 aromatic rings. The highest BCUT2D eigenvalue weighted by molar-refractivity contribution is 5.91. The lowest BCUT2D eigenvalue weighted by Crippen LogP contribution is -2.65. The van der Waals surface area contributed by atoms with Crippen molar-refractivity contribution in [2.45, 2.75) is 32.3 Å². The first kappa shape index (κ1) is 14.5. The van der Waals surface area contributed by atoms with E-state index in [9.17, 15) is 24.9 Å². The van der Waals surface area contributed by atoms with Crippen molar-refractivity contribution in [3.8, 4) is 0 Å². The number of carboxylic acids is 1. The maximum atomic E-state index is 12.1. The van der Waals surface area contributed by atoms with E-state index in [4.69, 9.17) is 4.74 Å². The van der Waals surface area contributed by atoms with Crippen LogP contribution in [-0.4, -0.2) is 46.1 Å². The van der Waals surface area contributed by atoms with E-state index < -0.39 is 35.5 Å². The third kappa shape index (κ3) is 1.60. The summed E-state index contributed by atoms with van der Waals surface area (Å²) < 4.78 is 5.00. The largest absolute Gasteiger partial charge is 0.478 e. The number of esters is 1. The highest BCUT2D eigenvalue weighted by Gasteiger charge is 2.73. The van der Waals surface area contributed by atoms with Gasteiger partial charge in [-0.05, 0) is 24.2 Å².